The minimum absolute atomic E-state index is 0.0844. The SMILES string of the molecule is CCCCNC(=O)N(CC)c1ccccc1N. The molecule has 0 radical (unpaired) electrons. The molecule has 17 heavy (non-hydrogen) atoms. The van der Waals surface area contributed by atoms with E-state index >= 15 is 0 Å². The number of nitrogens with zero attached hydrogens (tertiary/aromatic N) is 1. The van der Waals surface area contributed by atoms with E-state index in [4.69, 9.17) is 5.73 Å². The fraction of sp³-hybridized carbons (Fsp3) is 0.462. The van der Waals surface area contributed by atoms with E-state index in [0.717, 1.165) is 18.5 Å². The summed E-state index contributed by atoms with van der Waals surface area (Å²) in [6.07, 6.45) is 2.06. The Morgan fingerprint density at radius 1 is 1.35 bits per heavy atom. The molecule has 0 aromatic heterocycles. The van der Waals surface area contributed by atoms with Crippen molar-refractivity contribution >= 4 is 17.4 Å². The molecule has 0 saturated carbocycles. The van der Waals surface area contributed by atoms with Gasteiger partial charge in [-0.1, -0.05) is 25.5 Å². The van der Waals surface area contributed by atoms with Crippen LogP contribution in [0.15, 0.2) is 24.3 Å². The molecule has 0 saturated heterocycles. The number of para-hydroxylation sites is 2. The standard InChI is InChI=1S/C13H21N3O/c1-3-5-10-15-13(17)16(4-2)12-9-7-6-8-11(12)14/h6-9H,3-5,10,14H2,1-2H3,(H,15,17). The normalized spacial score (nSPS) is 10.0. The Morgan fingerprint density at radius 3 is 2.65 bits per heavy atom. The van der Waals surface area contributed by atoms with Crippen LogP contribution in [-0.4, -0.2) is 19.1 Å². The van der Waals surface area contributed by atoms with Gasteiger partial charge in [0, 0.05) is 13.1 Å². The Kier molecular flexibility index (Phi) is 5.33. The third-order valence-corrected chi connectivity index (χ3v) is 2.60. The van der Waals surface area contributed by atoms with Crippen LogP contribution in [0, 0.1) is 0 Å². The lowest BCUT2D eigenvalue weighted by Crippen LogP contribution is -2.40. The number of carbonyl (C=O) groups is 1. The van der Waals surface area contributed by atoms with Crippen molar-refractivity contribution in [2.24, 2.45) is 0 Å². The van der Waals surface area contributed by atoms with Crippen LogP contribution < -0.4 is 16.0 Å². The lowest BCUT2D eigenvalue weighted by molar-refractivity contribution is 0.246. The first-order valence-corrected chi connectivity index (χ1v) is 6.10. The third kappa shape index (κ3) is 3.66. The molecule has 0 aliphatic rings. The average molecular weight is 235 g/mol. The van der Waals surface area contributed by atoms with E-state index in [2.05, 4.69) is 12.2 Å². The molecule has 4 nitrogen and oxygen atoms in total. The Hall–Kier alpha value is -1.71. The number of nitrogen functional groups attached to an aromatic ring is 1. The summed E-state index contributed by atoms with van der Waals surface area (Å²) in [5.74, 6) is 0. The highest BCUT2D eigenvalue weighted by Crippen LogP contribution is 2.22. The van der Waals surface area contributed by atoms with Crippen LogP contribution in [0.1, 0.15) is 26.7 Å². The van der Waals surface area contributed by atoms with Crippen LogP contribution in [0.2, 0.25) is 0 Å². The highest BCUT2D eigenvalue weighted by Gasteiger charge is 2.14. The van der Waals surface area contributed by atoms with Crippen LogP contribution in [0.25, 0.3) is 0 Å². The molecule has 1 aromatic carbocycles. The predicted molar refractivity (Wildman–Crippen MR) is 72.2 cm³/mol. The van der Waals surface area contributed by atoms with Gasteiger partial charge < -0.3 is 11.1 Å². The van der Waals surface area contributed by atoms with Crippen molar-refractivity contribution in [3.8, 4) is 0 Å². The summed E-state index contributed by atoms with van der Waals surface area (Å²) in [5, 5.41) is 2.89. The van der Waals surface area contributed by atoms with Crippen LogP contribution in [0.3, 0.4) is 0 Å². The Morgan fingerprint density at radius 2 is 2.06 bits per heavy atom. The van der Waals surface area contributed by atoms with Gasteiger partial charge in [0.25, 0.3) is 0 Å². The molecule has 0 fully saturated rings. The molecule has 0 atom stereocenters. The zero-order chi connectivity index (χ0) is 12.7. The molecule has 0 bridgehead atoms. The molecule has 1 aromatic rings. The van der Waals surface area contributed by atoms with E-state index in [0.29, 0.717) is 18.8 Å². The van der Waals surface area contributed by atoms with Gasteiger partial charge in [-0.3, -0.25) is 4.90 Å². The molecule has 0 aliphatic carbocycles. The van der Waals surface area contributed by atoms with Gasteiger partial charge in [-0.2, -0.15) is 0 Å². The molecular weight excluding hydrogens is 214 g/mol. The van der Waals surface area contributed by atoms with Gasteiger partial charge in [0.2, 0.25) is 0 Å². The minimum Gasteiger partial charge on any atom is -0.397 e. The zero-order valence-electron chi connectivity index (χ0n) is 10.6. The lowest BCUT2D eigenvalue weighted by atomic mass is 10.2. The first-order chi connectivity index (χ1) is 8.20. The number of unbranched alkanes of at least 4 members (excludes halogenated alkanes) is 1. The summed E-state index contributed by atoms with van der Waals surface area (Å²) < 4.78 is 0. The van der Waals surface area contributed by atoms with Gasteiger partial charge in [0.05, 0.1) is 11.4 Å². The Balaban J connectivity index is 2.71. The molecule has 0 unspecified atom stereocenters. The molecular formula is C13H21N3O. The fourth-order valence-corrected chi connectivity index (χ4v) is 1.62. The van der Waals surface area contributed by atoms with Crippen LogP contribution >= 0.6 is 0 Å². The number of nitrogens with one attached hydrogen (secondary N) is 1. The number of anilines is 2. The smallest absolute Gasteiger partial charge is 0.321 e. The van der Waals surface area contributed by atoms with Crippen molar-refractivity contribution in [1.82, 2.24) is 5.32 Å². The summed E-state index contributed by atoms with van der Waals surface area (Å²) >= 11 is 0. The predicted octanol–water partition coefficient (Wildman–Crippen LogP) is 2.60. The summed E-state index contributed by atoms with van der Waals surface area (Å²) in [4.78, 5) is 13.6. The van der Waals surface area contributed by atoms with E-state index in [1.165, 1.54) is 0 Å². The second-order valence-electron chi connectivity index (χ2n) is 3.89. The molecule has 0 aliphatic heterocycles. The van der Waals surface area contributed by atoms with Crippen LogP contribution in [-0.2, 0) is 0 Å². The minimum atomic E-state index is -0.0844. The largest absolute Gasteiger partial charge is 0.397 e. The molecule has 3 N–H and O–H groups in total. The Bertz CT molecular complexity index is 365. The second-order valence-corrected chi connectivity index (χ2v) is 3.89. The quantitative estimate of drug-likeness (QED) is 0.609. The summed E-state index contributed by atoms with van der Waals surface area (Å²) in [6.45, 7) is 5.34. The first-order valence-electron chi connectivity index (χ1n) is 6.10. The van der Waals surface area contributed by atoms with Crippen molar-refractivity contribution in [3.05, 3.63) is 24.3 Å². The first kappa shape index (κ1) is 13.4. The number of hydrogen-bond acceptors (Lipinski definition) is 2. The molecule has 0 spiro atoms. The van der Waals surface area contributed by atoms with E-state index in [1.807, 2.05) is 25.1 Å². The van der Waals surface area contributed by atoms with Gasteiger partial charge >= 0.3 is 6.03 Å². The van der Waals surface area contributed by atoms with Crippen molar-refractivity contribution in [2.45, 2.75) is 26.7 Å². The van der Waals surface area contributed by atoms with Gasteiger partial charge in [-0.25, -0.2) is 4.79 Å². The fourth-order valence-electron chi connectivity index (χ4n) is 1.62. The average Bonchev–Trinajstić information content (AvgIpc) is 2.33. The van der Waals surface area contributed by atoms with Gasteiger partial charge in [-0.15, -0.1) is 0 Å². The number of hydrogen-bond donors (Lipinski definition) is 2. The van der Waals surface area contributed by atoms with E-state index in [1.54, 1.807) is 11.0 Å². The van der Waals surface area contributed by atoms with E-state index in [-0.39, 0.29) is 6.03 Å². The summed E-state index contributed by atoms with van der Waals surface area (Å²) in [6, 6.07) is 7.32. The van der Waals surface area contributed by atoms with E-state index < -0.39 is 0 Å². The maximum atomic E-state index is 12.0. The zero-order valence-corrected chi connectivity index (χ0v) is 10.6. The number of urea groups is 1. The van der Waals surface area contributed by atoms with Gasteiger partial charge in [-0.05, 0) is 25.5 Å². The number of amides is 2. The highest BCUT2D eigenvalue weighted by molar-refractivity contribution is 5.95. The summed E-state index contributed by atoms with van der Waals surface area (Å²) in [5.41, 5.74) is 7.26. The van der Waals surface area contributed by atoms with Crippen LogP contribution in [0.4, 0.5) is 16.2 Å². The number of carbonyl (C=O) groups excluding carboxylic acids is 1. The maximum absolute atomic E-state index is 12.0. The van der Waals surface area contributed by atoms with Crippen LogP contribution in [0.5, 0.6) is 0 Å². The second kappa shape index (κ2) is 6.78. The van der Waals surface area contributed by atoms with E-state index in [9.17, 15) is 4.79 Å². The monoisotopic (exact) mass is 235 g/mol. The molecule has 94 valence electrons. The molecule has 4 heteroatoms. The lowest BCUT2D eigenvalue weighted by Gasteiger charge is -2.22. The third-order valence-electron chi connectivity index (χ3n) is 2.60. The Labute approximate surface area is 103 Å². The van der Waals surface area contributed by atoms with Crippen molar-refractivity contribution < 1.29 is 4.79 Å². The van der Waals surface area contributed by atoms with Crippen molar-refractivity contribution in [2.75, 3.05) is 23.7 Å². The van der Waals surface area contributed by atoms with Gasteiger partial charge in [0.1, 0.15) is 0 Å². The molecule has 2 amide bonds. The molecule has 1 rings (SSSR count). The number of rotatable bonds is 5. The maximum Gasteiger partial charge on any atom is 0.321 e. The van der Waals surface area contributed by atoms with Crippen molar-refractivity contribution in [1.29, 1.82) is 0 Å². The number of nitrogens with two attached hydrogens (primary N) is 1. The van der Waals surface area contributed by atoms with Gasteiger partial charge in [0.15, 0.2) is 0 Å². The highest BCUT2D eigenvalue weighted by atomic mass is 16.2. The number of benzene rings is 1. The molecule has 0 heterocycles. The topological polar surface area (TPSA) is 58.4 Å². The summed E-state index contributed by atoms with van der Waals surface area (Å²) in [7, 11) is 0. The van der Waals surface area contributed by atoms with Crippen molar-refractivity contribution in [3.63, 3.8) is 0 Å².